The SMILES string of the molecule is CC(C)(CNC(=O)O[C@H](C(=O)N[C@H](CO)C[C@@H]1CCNC1=O)C(C)(C)C)c1cccc(Cl)c1. The molecule has 9 heteroatoms. The van der Waals surface area contributed by atoms with Crippen molar-refractivity contribution in [3.05, 3.63) is 34.9 Å². The van der Waals surface area contributed by atoms with Crippen LogP contribution in [0.2, 0.25) is 5.02 Å². The summed E-state index contributed by atoms with van der Waals surface area (Å²) < 4.78 is 5.52. The van der Waals surface area contributed by atoms with Gasteiger partial charge < -0.3 is 25.8 Å². The highest BCUT2D eigenvalue weighted by atomic mass is 35.5. The van der Waals surface area contributed by atoms with Crippen molar-refractivity contribution in [3.63, 3.8) is 0 Å². The van der Waals surface area contributed by atoms with Gasteiger partial charge >= 0.3 is 6.09 Å². The van der Waals surface area contributed by atoms with E-state index in [1.807, 2.05) is 32.0 Å². The molecule has 33 heavy (non-hydrogen) atoms. The zero-order valence-corrected chi connectivity index (χ0v) is 20.8. The van der Waals surface area contributed by atoms with E-state index < -0.39 is 35.0 Å². The predicted octanol–water partition coefficient (Wildman–Crippen LogP) is 2.76. The number of hydrogen-bond acceptors (Lipinski definition) is 5. The fourth-order valence-corrected chi connectivity index (χ4v) is 3.94. The molecule has 1 aromatic carbocycles. The summed E-state index contributed by atoms with van der Waals surface area (Å²) in [4.78, 5) is 37.4. The summed E-state index contributed by atoms with van der Waals surface area (Å²) >= 11 is 6.09. The molecule has 0 unspecified atom stereocenters. The number of rotatable bonds is 9. The average molecular weight is 482 g/mol. The first-order chi connectivity index (χ1) is 15.3. The summed E-state index contributed by atoms with van der Waals surface area (Å²) in [7, 11) is 0. The lowest BCUT2D eigenvalue weighted by Crippen LogP contribution is -2.51. The summed E-state index contributed by atoms with van der Waals surface area (Å²) in [5.74, 6) is -0.842. The van der Waals surface area contributed by atoms with E-state index in [-0.39, 0.29) is 25.0 Å². The van der Waals surface area contributed by atoms with Crippen LogP contribution in [-0.4, -0.2) is 54.9 Å². The third kappa shape index (κ3) is 7.89. The van der Waals surface area contributed by atoms with Gasteiger partial charge in [-0.15, -0.1) is 0 Å². The summed E-state index contributed by atoms with van der Waals surface area (Å²) in [5, 5.41) is 18.6. The number of nitrogens with one attached hydrogen (secondary N) is 3. The molecule has 3 atom stereocenters. The molecule has 1 aliphatic heterocycles. The molecule has 0 bridgehead atoms. The van der Waals surface area contributed by atoms with Crippen molar-refractivity contribution in [3.8, 4) is 0 Å². The lowest BCUT2D eigenvalue weighted by atomic mass is 9.85. The van der Waals surface area contributed by atoms with Gasteiger partial charge in [-0.25, -0.2) is 4.79 Å². The van der Waals surface area contributed by atoms with Crippen LogP contribution in [0.15, 0.2) is 24.3 Å². The third-order valence-corrected chi connectivity index (χ3v) is 6.06. The summed E-state index contributed by atoms with van der Waals surface area (Å²) in [5.41, 5.74) is -0.135. The molecule has 2 rings (SSSR count). The van der Waals surface area contributed by atoms with E-state index in [1.165, 1.54) is 0 Å². The van der Waals surface area contributed by atoms with Crippen LogP contribution in [0, 0.1) is 11.3 Å². The van der Waals surface area contributed by atoms with Gasteiger partial charge in [-0.1, -0.05) is 58.4 Å². The molecule has 1 aliphatic rings. The minimum absolute atomic E-state index is 0.0759. The zero-order chi connectivity index (χ0) is 24.8. The maximum absolute atomic E-state index is 13.0. The van der Waals surface area contributed by atoms with Gasteiger partial charge in [0.2, 0.25) is 5.91 Å². The van der Waals surface area contributed by atoms with Crippen LogP contribution in [0.25, 0.3) is 0 Å². The van der Waals surface area contributed by atoms with E-state index in [0.717, 1.165) is 5.56 Å². The molecule has 8 nitrogen and oxygen atoms in total. The lowest BCUT2D eigenvalue weighted by molar-refractivity contribution is -0.136. The molecule has 1 aromatic rings. The maximum Gasteiger partial charge on any atom is 0.407 e. The van der Waals surface area contributed by atoms with E-state index in [4.69, 9.17) is 16.3 Å². The highest BCUT2D eigenvalue weighted by Gasteiger charge is 2.37. The Labute approximate surface area is 200 Å². The topological polar surface area (TPSA) is 117 Å². The predicted molar refractivity (Wildman–Crippen MR) is 127 cm³/mol. The van der Waals surface area contributed by atoms with Gasteiger partial charge in [-0.2, -0.15) is 0 Å². The van der Waals surface area contributed by atoms with E-state index >= 15 is 0 Å². The van der Waals surface area contributed by atoms with Gasteiger partial charge in [0.1, 0.15) is 0 Å². The highest BCUT2D eigenvalue weighted by molar-refractivity contribution is 6.30. The molecule has 0 spiro atoms. The van der Waals surface area contributed by atoms with Gasteiger partial charge in [0.05, 0.1) is 12.6 Å². The van der Waals surface area contributed by atoms with Gasteiger partial charge in [-0.3, -0.25) is 9.59 Å². The quantitative estimate of drug-likeness (QED) is 0.432. The van der Waals surface area contributed by atoms with Gasteiger partial charge in [-0.05, 0) is 30.5 Å². The summed E-state index contributed by atoms with van der Waals surface area (Å²) in [6.45, 7) is 9.87. The monoisotopic (exact) mass is 481 g/mol. The Bertz CT molecular complexity index is 853. The highest BCUT2D eigenvalue weighted by Crippen LogP contribution is 2.26. The number of ether oxygens (including phenoxy) is 1. The van der Waals surface area contributed by atoms with Crippen molar-refractivity contribution < 1.29 is 24.2 Å². The molecular weight excluding hydrogens is 446 g/mol. The van der Waals surface area contributed by atoms with E-state index in [0.29, 0.717) is 24.4 Å². The Morgan fingerprint density at radius 2 is 1.97 bits per heavy atom. The number of aliphatic hydroxyl groups excluding tert-OH is 1. The van der Waals surface area contributed by atoms with Crippen LogP contribution >= 0.6 is 11.6 Å². The second-order valence-electron chi connectivity index (χ2n) is 10.3. The Balaban J connectivity index is 1.98. The molecule has 184 valence electrons. The molecule has 1 fully saturated rings. The maximum atomic E-state index is 13.0. The molecular formula is C24H36ClN3O5. The Morgan fingerprint density at radius 3 is 2.52 bits per heavy atom. The smallest absolute Gasteiger partial charge is 0.407 e. The molecule has 0 aliphatic carbocycles. The molecule has 0 saturated carbocycles. The number of halogens is 1. The van der Waals surface area contributed by atoms with Crippen molar-refractivity contribution >= 4 is 29.5 Å². The van der Waals surface area contributed by atoms with Gasteiger partial charge in [0.25, 0.3) is 5.91 Å². The fourth-order valence-electron chi connectivity index (χ4n) is 3.75. The number of benzene rings is 1. The van der Waals surface area contributed by atoms with Crippen molar-refractivity contribution in [2.45, 2.75) is 65.0 Å². The minimum atomic E-state index is -1.08. The molecule has 0 aromatic heterocycles. The molecule has 1 heterocycles. The van der Waals surface area contributed by atoms with Crippen LogP contribution in [0.5, 0.6) is 0 Å². The van der Waals surface area contributed by atoms with Crippen LogP contribution < -0.4 is 16.0 Å². The standard InChI is InChI=1S/C24H36ClN3O5/c1-23(2,3)19(21(31)28-18(13-29)11-15-9-10-26-20(15)30)33-22(32)27-14-24(4,5)16-7-6-8-17(25)12-16/h6-8,12,15,18-19,29H,9-11,13-14H2,1-5H3,(H,26,30)(H,27,32)(H,28,31)/t15-,18-,19+/m0/s1. The number of alkyl carbamates (subject to hydrolysis) is 1. The first kappa shape index (κ1) is 26.9. The van der Waals surface area contributed by atoms with Crippen LogP contribution in [0.1, 0.15) is 53.0 Å². The molecule has 4 N–H and O–H groups in total. The number of carbonyl (C=O) groups is 3. The van der Waals surface area contributed by atoms with Crippen LogP contribution in [-0.2, 0) is 19.7 Å². The molecule has 3 amide bonds. The Morgan fingerprint density at radius 1 is 1.27 bits per heavy atom. The van der Waals surface area contributed by atoms with Gasteiger partial charge in [0, 0.05) is 34.9 Å². The first-order valence-corrected chi connectivity index (χ1v) is 11.6. The molecule has 0 radical (unpaired) electrons. The van der Waals surface area contributed by atoms with Gasteiger partial charge in [0.15, 0.2) is 6.10 Å². The lowest BCUT2D eigenvalue weighted by Gasteiger charge is -2.31. The second kappa shape index (κ2) is 11.2. The normalized spacial score (nSPS) is 18.3. The van der Waals surface area contributed by atoms with Crippen molar-refractivity contribution in [1.29, 1.82) is 0 Å². The largest absolute Gasteiger partial charge is 0.436 e. The van der Waals surface area contributed by atoms with E-state index in [1.54, 1.807) is 26.8 Å². The van der Waals surface area contributed by atoms with Crippen molar-refractivity contribution in [2.75, 3.05) is 19.7 Å². The number of aliphatic hydroxyl groups is 1. The number of amides is 3. The summed E-state index contributed by atoms with van der Waals surface area (Å²) in [6.07, 6.45) is -0.811. The van der Waals surface area contributed by atoms with Crippen molar-refractivity contribution in [2.24, 2.45) is 11.3 Å². The molecule has 1 saturated heterocycles. The van der Waals surface area contributed by atoms with Crippen molar-refractivity contribution in [1.82, 2.24) is 16.0 Å². The Hall–Kier alpha value is -2.32. The second-order valence-corrected chi connectivity index (χ2v) is 10.7. The number of carbonyl (C=O) groups excluding carboxylic acids is 3. The first-order valence-electron chi connectivity index (χ1n) is 11.2. The van der Waals surface area contributed by atoms with E-state index in [9.17, 15) is 19.5 Å². The van der Waals surface area contributed by atoms with Crippen LogP contribution in [0.4, 0.5) is 4.79 Å². The number of hydrogen-bond donors (Lipinski definition) is 4. The van der Waals surface area contributed by atoms with E-state index in [2.05, 4.69) is 16.0 Å². The fraction of sp³-hybridized carbons (Fsp3) is 0.625. The minimum Gasteiger partial charge on any atom is -0.436 e. The third-order valence-electron chi connectivity index (χ3n) is 5.83. The average Bonchev–Trinajstić information content (AvgIpc) is 3.13. The van der Waals surface area contributed by atoms with Crippen LogP contribution in [0.3, 0.4) is 0 Å². The summed E-state index contributed by atoms with van der Waals surface area (Å²) in [6, 6.07) is 6.81. The Kier molecular flexibility index (Phi) is 9.14. The zero-order valence-electron chi connectivity index (χ0n) is 20.0.